The molecule has 0 radical (unpaired) electrons. The van der Waals surface area contributed by atoms with Crippen LogP contribution in [0.5, 0.6) is 5.75 Å². The topological polar surface area (TPSA) is 108 Å². The maximum Gasteiger partial charge on any atom is 0.262 e. The molecule has 0 saturated heterocycles. The summed E-state index contributed by atoms with van der Waals surface area (Å²) in [5, 5.41) is 20.5. The Morgan fingerprint density at radius 1 is 1.14 bits per heavy atom. The number of carbonyl (C=O) groups excluding carboxylic acids is 1. The lowest BCUT2D eigenvalue weighted by molar-refractivity contribution is -0.121. The van der Waals surface area contributed by atoms with Gasteiger partial charge in [0.1, 0.15) is 5.75 Å². The van der Waals surface area contributed by atoms with Gasteiger partial charge in [0.2, 0.25) is 0 Å². The lowest BCUT2D eigenvalue weighted by atomic mass is 9.56. The first-order chi connectivity index (χ1) is 24.4. The maximum absolute atomic E-state index is 14.0. The van der Waals surface area contributed by atoms with E-state index in [1.54, 1.807) is 6.07 Å². The quantitative estimate of drug-likeness (QED) is 0.243. The van der Waals surface area contributed by atoms with Crippen LogP contribution in [0.2, 0.25) is 5.02 Å². The number of aliphatic hydroxyl groups excluding tert-OH is 2. The summed E-state index contributed by atoms with van der Waals surface area (Å²) in [5.41, 5.74) is 2.69. The molecule has 1 amide bonds. The molecule has 1 unspecified atom stereocenters. The molecule has 2 fully saturated rings. The maximum atomic E-state index is 14.0. The fourth-order valence-electron chi connectivity index (χ4n) is 10.0. The van der Waals surface area contributed by atoms with Crippen molar-refractivity contribution < 1.29 is 28.7 Å². The van der Waals surface area contributed by atoms with Crippen LogP contribution in [0.15, 0.2) is 48.6 Å². The molecule has 1 spiro atoms. The molecule has 2 aromatic carbocycles. The zero-order chi connectivity index (χ0) is 36.2. The van der Waals surface area contributed by atoms with Gasteiger partial charge >= 0.3 is 0 Å². The number of anilines is 1. The lowest BCUT2D eigenvalue weighted by Gasteiger charge is -2.54. The summed E-state index contributed by atoms with van der Waals surface area (Å²) in [6.45, 7) is 5.98. The number of halogens is 1. The monoisotopic (exact) mass is 738 g/mol. The van der Waals surface area contributed by atoms with E-state index < -0.39 is 26.6 Å². The van der Waals surface area contributed by atoms with Crippen molar-refractivity contribution >= 4 is 38.8 Å². The first-order valence-corrected chi connectivity index (χ1v) is 21.0. The van der Waals surface area contributed by atoms with Gasteiger partial charge < -0.3 is 24.6 Å². The molecule has 7 atom stereocenters. The number of aliphatic hydroxyl groups is 2. The number of benzene rings is 2. The predicted molar refractivity (Wildman–Crippen MR) is 205 cm³/mol. The second-order valence-corrected chi connectivity index (χ2v) is 19.5. The summed E-state index contributed by atoms with van der Waals surface area (Å²) in [4.78, 5) is 16.2. The van der Waals surface area contributed by atoms with Crippen LogP contribution in [-0.2, 0) is 26.3 Å². The van der Waals surface area contributed by atoms with E-state index in [1.165, 1.54) is 11.1 Å². The average Bonchev–Trinajstić information content (AvgIpc) is 3.23. The molecule has 0 aromatic heterocycles. The summed E-state index contributed by atoms with van der Waals surface area (Å²) >= 11 is 6.49. The Hall–Kier alpha value is -2.56. The minimum absolute atomic E-state index is 0.00629. The number of hydrogen-bond donors (Lipinski definition) is 3. The molecule has 2 bridgehead atoms. The highest BCUT2D eigenvalue weighted by Crippen LogP contribution is 2.55. The van der Waals surface area contributed by atoms with Gasteiger partial charge in [0.05, 0.1) is 40.8 Å². The van der Waals surface area contributed by atoms with Crippen LogP contribution in [0.4, 0.5) is 5.69 Å². The van der Waals surface area contributed by atoms with Crippen molar-refractivity contribution in [3.05, 3.63) is 70.3 Å². The Labute approximate surface area is 309 Å². The Morgan fingerprint density at radius 2 is 1.92 bits per heavy atom. The van der Waals surface area contributed by atoms with Crippen LogP contribution in [0.3, 0.4) is 0 Å². The van der Waals surface area contributed by atoms with Gasteiger partial charge in [-0.2, -0.15) is 0 Å². The summed E-state index contributed by atoms with van der Waals surface area (Å²) in [7, 11) is -1.15. The zero-order valence-electron chi connectivity index (χ0n) is 30.4. The molecule has 8 nitrogen and oxygen atoms in total. The highest BCUT2D eigenvalue weighted by Gasteiger charge is 2.53. The molecular weight excluding hydrogens is 684 g/mol. The van der Waals surface area contributed by atoms with Crippen LogP contribution in [-0.4, -0.2) is 77.1 Å². The zero-order valence-corrected chi connectivity index (χ0v) is 31.9. The summed E-state index contributed by atoms with van der Waals surface area (Å²) in [6, 6.07) is 11.9. The van der Waals surface area contributed by atoms with Crippen molar-refractivity contribution in [1.29, 1.82) is 0 Å². The first-order valence-electron chi connectivity index (χ1n) is 18.8. The molecule has 2 aliphatic heterocycles. The number of carbonyl (C=O) groups is 1. The van der Waals surface area contributed by atoms with E-state index >= 15 is 0 Å². The molecule has 3 N–H and O–H groups in total. The lowest BCUT2D eigenvalue weighted by Crippen LogP contribution is -2.55. The van der Waals surface area contributed by atoms with Gasteiger partial charge in [-0.05, 0) is 136 Å². The Morgan fingerprint density at radius 3 is 2.63 bits per heavy atom. The molecule has 2 aromatic rings. The van der Waals surface area contributed by atoms with Crippen LogP contribution < -0.4 is 14.4 Å². The van der Waals surface area contributed by atoms with E-state index in [-0.39, 0.29) is 35.7 Å². The number of allylic oxidation sites excluding steroid dienone is 1. The minimum Gasteiger partial charge on any atom is -0.490 e. The second kappa shape index (κ2) is 14.0. The van der Waals surface area contributed by atoms with Crippen molar-refractivity contribution in [2.24, 2.45) is 29.1 Å². The number of fused-ring (bicyclic) bond motifs is 4. The number of rotatable bonds is 5. The predicted octanol–water partition coefficient (Wildman–Crippen LogP) is 6.34. The van der Waals surface area contributed by atoms with Gasteiger partial charge in [-0.25, -0.2) is 4.21 Å². The molecule has 5 aliphatic rings. The minimum atomic E-state index is -2.98. The Bertz CT molecular complexity index is 1770. The number of aryl methyl sites for hydroxylation is 1. The van der Waals surface area contributed by atoms with Gasteiger partial charge in [0.15, 0.2) is 0 Å². The van der Waals surface area contributed by atoms with Gasteiger partial charge in [0, 0.05) is 46.9 Å². The molecule has 10 heteroatoms. The number of hydrogen-bond acceptors (Lipinski definition) is 7. The SMILES string of the molecule is C=S1(=O)NC(=O)c2ccc3c(c2)N(C[C@@H]2CC[C@H]2[C@@](CC2CC(CO)(CO)C2)(OC)/C=C/C[C@H](C)[C@H]1C)C[C@@]1(CCCc2cc(Cl)ccc21)CO3. The van der Waals surface area contributed by atoms with Crippen LogP contribution in [0.25, 0.3) is 0 Å². The first kappa shape index (κ1) is 36.8. The van der Waals surface area contributed by atoms with E-state index in [0.29, 0.717) is 30.4 Å². The Kier molecular flexibility index (Phi) is 10.1. The number of amides is 1. The average molecular weight is 739 g/mol. The smallest absolute Gasteiger partial charge is 0.262 e. The second-order valence-electron chi connectivity index (χ2n) is 16.7. The third-order valence-electron chi connectivity index (χ3n) is 13.5. The van der Waals surface area contributed by atoms with Gasteiger partial charge in [-0.3, -0.25) is 9.52 Å². The van der Waals surface area contributed by atoms with Crippen LogP contribution in [0.1, 0.15) is 86.7 Å². The third-order valence-corrected chi connectivity index (χ3v) is 15.9. The highest BCUT2D eigenvalue weighted by atomic mass is 35.5. The highest BCUT2D eigenvalue weighted by molar-refractivity contribution is 7.99. The van der Waals surface area contributed by atoms with Gasteiger partial charge in [-0.1, -0.05) is 36.7 Å². The molecule has 2 saturated carbocycles. The van der Waals surface area contributed by atoms with Crippen molar-refractivity contribution in [3.8, 4) is 5.75 Å². The number of nitrogens with one attached hydrogen (secondary N) is 1. The standard InChI is InChI=1S/C41H55ClN2O6S/c1-27-7-5-16-41(49-3,21-29-19-39(20-29,24-45)25-46)35-12-9-32(35)22-44-23-40(15-6-8-30-17-33(42)11-13-34(30)40)26-50-37-14-10-31(18-36(37)44)38(47)43-51(4,48)28(27)2/h5,10-11,13-14,16-18,27-29,32,35,45-46H,4,6-9,12,15,19-26H2,1-3H3,(H,43,47,48)/b16-5+/t27-,28+,32-,35+,40-,41+,51?/m0/s1. The molecule has 51 heavy (non-hydrogen) atoms. The Balaban J connectivity index is 1.30. The van der Waals surface area contributed by atoms with Gasteiger partial charge in [-0.15, -0.1) is 0 Å². The van der Waals surface area contributed by atoms with Crippen LogP contribution in [0, 0.1) is 29.1 Å². The third kappa shape index (κ3) is 6.75. The van der Waals surface area contributed by atoms with E-state index in [9.17, 15) is 19.2 Å². The van der Waals surface area contributed by atoms with Crippen molar-refractivity contribution in [2.45, 2.75) is 87.9 Å². The van der Waals surface area contributed by atoms with E-state index in [1.807, 2.05) is 32.2 Å². The van der Waals surface area contributed by atoms with Crippen molar-refractivity contribution in [2.75, 3.05) is 44.9 Å². The molecular formula is C41H55ClN2O6S. The number of methoxy groups -OCH3 is 1. The van der Waals surface area contributed by atoms with Crippen molar-refractivity contribution in [1.82, 2.24) is 4.72 Å². The van der Waals surface area contributed by atoms with Crippen LogP contribution >= 0.6 is 11.6 Å². The molecule has 2 heterocycles. The summed E-state index contributed by atoms with van der Waals surface area (Å²) < 4.78 is 30.1. The fraction of sp³-hybridized carbons (Fsp3) is 0.610. The molecule has 7 rings (SSSR count). The normalized spacial score (nSPS) is 35.6. The van der Waals surface area contributed by atoms with Gasteiger partial charge in [0.25, 0.3) is 5.91 Å². The summed E-state index contributed by atoms with van der Waals surface area (Å²) in [6.07, 6.45) is 12.6. The molecule has 278 valence electrons. The molecule has 3 aliphatic carbocycles. The largest absolute Gasteiger partial charge is 0.490 e. The number of ether oxygens (including phenoxy) is 2. The van der Waals surface area contributed by atoms with E-state index in [4.69, 9.17) is 21.1 Å². The number of nitrogens with zero attached hydrogens (tertiary/aromatic N) is 1. The van der Waals surface area contributed by atoms with Crippen molar-refractivity contribution in [3.63, 3.8) is 0 Å². The van der Waals surface area contributed by atoms with E-state index in [2.05, 4.69) is 46.7 Å². The fourth-order valence-corrected chi connectivity index (χ4v) is 11.7. The summed E-state index contributed by atoms with van der Waals surface area (Å²) in [5.74, 6) is 5.29. The van der Waals surface area contributed by atoms with E-state index in [0.717, 1.165) is 80.9 Å².